The molecule has 1 aromatic heterocycles. The minimum atomic E-state index is -0.125. The molecule has 0 radical (unpaired) electrons. The molecule has 1 amide bonds. The van der Waals surface area contributed by atoms with Crippen LogP contribution in [0.1, 0.15) is 25.7 Å². The summed E-state index contributed by atoms with van der Waals surface area (Å²) in [4.78, 5) is 12.3. The second-order valence-electron chi connectivity index (χ2n) is 7.60. The highest BCUT2D eigenvalue weighted by Crippen LogP contribution is 2.28. The molecule has 166 valence electrons. The van der Waals surface area contributed by atoms with Crippen LogP contribution in [-0.2, 0) is 11.3 Å². The highest BCUT2D eigenvalue weighted by atomic mass is 35.5. The molecule has 0 spiro atoms. The third-order valence-corrected chi connectivity index (χ3v) is 6.43. The molecule has 0 bridgehead atoms. The lowest BCUT2D eigenvalue weighted by atomic mass is 10.2. The van der Waals surface area contributed by atoms with Crippen molar-refractivity contribution in [2.75, 3.05) is 11.1 Å². The molecule has 0 aliphatic heterocycles. The second-order valence-corrected chi connectivity index (χ2v) is 8.98. The Kier molecular flexibility index (Phi) is 7.50. The van der Waals surface area contributed by atoms with Gasteiger partial charge in [0.15, 0.2) is 11.0 Å². The van der Waals surface area contributed by atoms with E-state index < -0.39 is 0 Å². The number of thioether (sulfide) groups is 1. The number of carbonyl (C=O) groups excluding carboxylic acids is 1. The quantitative estimate of drug-likeness (QED) is 0.315. The zero-order valence-corrected chi connectivity index (χ0v) is 19.2. The number of amides is 1. The number of allylic oxidation sites excluding steroid dienone is 1. The average Bonchev–Trinajstić information content (AvgIpc) is 3.45. The van der Waals surface area contributed by atoms with Crippen LogP contribution < -0.4 is 10.1 Å². The molecule has 0 unspecified atom stereocenters. The van der Waals surface area contributed by atoms with Crippen molar-refractivity contribution >= 4 is 35.0 Å². The normalized spacial score (nSPS) is 13.8. The van der Waals surface area contributed by atoms with Crippen LogP contribution in [0.5, 0.6) is 5.75 Å². The standard InChI is InChI=1S/C24H25ClN4O2S/c1-2-15-29-23(17-7-13-21(14-8-17)31-20-5-3-4-6-20)27-28-24(29)32-16-22(30)26-19-11-9-18(25)10-12-19/h2,7-14,20H,1,3-6,15-16H2,(H,26,30). The number of benzene rings is 2. The lowest BCUT2D eigenvalue weighted by Crippen LogP contribution is -2.14. The zero-order valence-electron chi connectivity index (χ0n) is 17.7. The summed E-state index contributed by atoms with van der Waals surface area (Å²) in [6, 6.07) is 15.0. The SMILES string of the molecule is C=CCn1c(SCC(=O)Nc2ccc(Cl)cc2)nnc1-c1ccc(OC2CCCC2)cc1. The number of ether oxygens (including phenoxy) is 1. The molecule has 6 nitrogen and oxygen atoms in total. The molecule has 3 aromatic rings. The van der Waals surface area contributed by atoms with Gasteiger partial charge in [-0.3, -0.25) is 9.36 Å². The minimum Gasteiger partial charge on any atom is -0.490 e. The van der Waals surface area contributed by atoms with Gasteiger partial charge in [0, 0.05) is 22.8 Å². The number of nitrogens with one attached hydrogen (secondary N) is 1. The molecule has 32 heavy (non-hydrogen) atoms. The first-order valence-corrected chi connectivity index (χ1v) is 12.0. The average molecular weight is 469 g/mol. The molecule has 1 saturated carbocycles. The Morgan fingerprint density at radius 1 is 1.16 bits per heavy atom. The molecule has 4 rings (SSSR count). The zero-order chi connectivity index (χ0) is 22.3. The third kappa shape index (κ3) is 5.72. The van der Waals surface area contributed by atoms with E-state index >= 15 is 0 Å². The summed E-state index contributed by atoms with van der Waals surface area (Å²) in [5, 5.41) is 12.8. The monoisotopic (exact) mass is 468 g/mol. The van der Waals surface area contributed by atoms with E-state index in [0.717, 1.165) is 30.0 Å². The van der Waals surface area contributed by atoms with Gasteiger partial charge in [-0.05, 0) is 74.2 Å². The van der Waals surface area contributed by atoms with Gasteiger partial charge in [0.1, 0.15) is 5.75 Å². The summed E-state index contributed by atoms with van der Waals surface area (Å²) in [6.45, 7) is 4.39. The van der Waals surface area contributed by atoms with Crippen LogP contribution >= 0.6 is 23.4 Å². The Labute approximate surface area is 197 Å². The van der Waals surface area contributed by atoms with Crippen molar-refractivity contribution in [3.05, 3.63) is 66.2 Å². The Morgan fingerprint density at radius 2 is 1.88 bits per heavy atom. The highest BCUT2D eigenvalue weighted by molar-refractivity contribution is 7.99. The second kappa shape index (κ2) is 10.7. The van der Waals surface area contributed by atoms with Crippen molar-refractivity contribution in [1.82, 2.24) is 14.8 Å². The summed E-state index contributed by atoms with van der Waals surface area (Å²) >= 11 is 7.22. The largest absolute Gasteiger partial charge is 0.490 e. The van der Waals surface area contributed by atoms with E-state index in [4.69, 9.17) is 16.3 Å². The van der Waals surface area contributed by atoms with E-state index in [1.54, 1.807) is 30.3 Å². The van der Waals surface area contributed by atoms with Gasteiger partial charge in [-0.25, -0.2) is 0 Å². The molecular formula is C24H25ClN4O2S. The number of anilines is 1. The summed E-state index contributed by atoms with van der Waals surface area (Å²) < 4.78 is 8.01. The van der Waals surface area contributed by atoms with Gasteiger partial charge in [0.25, 0.3) is 0 Å². The number of aromatic nitrogens is 3. The Balaban J connectivity index is 1.41. The molecular weight excluding hydrogens is 444 g/mol. The van der Waals surface area contributed by atoms with Gasteiger partial charge in [-0.1, -0.05) is 29.4 Å². The van der Waals surface area contributed by atoms with Gasteiger partial charge in [-0.15, -0.1) is 16.8 Å². The van der Waals surface area contributed by atoms with Gasteiger partial charge in [0.2, 0.25) is 5.91 Å². The van der Waals surface area contributed by atoms with Gasteiger partial charge in [-0.2, -0.15) is 0 Å². The fourth-order valence-corrected chi connectivity index (χ4v) is 4.52. The number of carbonyl (C=O) groups is 1. The molecule has 1 aliphatic carbocycles. The number of nitrogens with zero attached hydrogens (tertiary/aromatic N) is 3. The summed E-state index contributed by atoms with van der Waals surface area (Å²) in [5.41, 5.74) is 1.64. The van der Waals surface area contributed by atoms with E-state index in [0.29, 0.717) is 28.5 Å². The molecule has 0 saturated heterocycles. The van der Waals surface area contributed by atoms with E-state index in [9.17, 15) is 4.79 Å². The predicted octanol–water partition coefficient (Wildman–Crippen LogP) is 5.84. The summed E-state index contributed by atoms with van der Waals surface area (Å²) in [5.74, 6) is 1.70. The maximum Gasteiger partial charge on any atom is 0.234 e. The van der Waals surface area contributed by atoms with Crippen LogP contribution in [0.3, 0.4) is 0 Å². The van der Waals surface area contributed by atoms with Crippen molar-refractivity contribution in [1.29, 1.82) is 0 Å². The maximum atomic E-state index is 12.3. The number of hydrogen-bond donors (Lipinski definition) is 1. The fourth-order valence-electron chi connectivity index (χ4n) is 3.64. The van der Waals surface area contributed by atoms with Crippen molar-refractivity contribution in [3.8, 4) is 17.1 Å². The van der Waals surface area contributed by atoms with Crippen LogP contribution in [0.2, 0.25) is 5.02 Å². The van der Waals surface area contributed by atoms with E-state index in [1.807, 2.05) is 28.8 Å². The van der Waals surface area contributed by atoms with Crippen molar-refractivity contribution < 1.29 is 9.53 Å². The van der Waals surface area contributed by atoms with Gasteiger partial charge in [0.05, 0.1) is 11.9 Å². The Morgan fingerprint density at radius 3 is 2.56 bits per heavy atom. The lowest BCUT2D eigenvalue weighted by molar-refractivity contribution is -0.113. The molecule has 0 atom stereocenters. The molecule has 1 aliphatic rings. The first-order chi connectivity index (χ1) is 15.6. The van der Waals surface area contributed by atoms with Crippen LogP contribution in [-0.4, -0.2) is 32.5 Å². The van der Waals surface area contributed by atoms with E-state index in [1.165, 1.54) is 24.6 Å². The molecule has 8 heteroatoms. The van der Waals surface area contributed by atoms with Crippen molar-refractivity contribution in [3.63, 3.8) is 0 Å². The van der Waals surface area contributed by atoms with Crippen LogP contribution in [0, 0.1) is 0 Å². The summed E-state index contributed by atoms with van der Waals surface area (Å²) in [6.07, 6.45) is 6.86. The first-order valence-electron chi connectivity index (χ1n) is 10.6. The van der Waals surface area contributed by atoms with Crippen LogP contribution in [0.4, 0.5) is 5.69 Å². The first kappa shape index (κ1) is 22.4. The Hall–Kier alpha value is -2.77. The summed E-state index contributed by atoms with van der Waals surface area (Å²) in [7, 11) is 0. The molecule has 2 aromatic carbocycles. The van der Waals surface area contributed by atoms with Crippen LogP contribution in [0.25, 0.3) is 11.4 Å². The highest BCUT2D eigenvalue weighted by Gasteiger charge is 2.18. The smallest absolute Gasteiger partial charge is 0.234 e. The van der Waals surface area contributed by atoms with E-state index in [-0.39, 0.29) is 11.7 Å². The Bertz CT molecular complexity index is 1060. The van der Waals surface area contributed by atoms with Crippen molar-refractivity contribution in [2.24, 2.45) is 0 Å². The molecule has 1 N–H and O–H groups in total. The molecule has 1 fully saturated rings. The van der Waals surface area contributed by atoms with Gasteiger partial charge >= 0.3 is 0 Å². The number of halogens is 1. The van der Waals surface area contributed by atoms with Crippen molar-refractivity contribution in [2.45, 2.75) is 43.5 Å². The number of hydrogen-bond acceptors (Lipinski definition) is 5. The fraction of sp³-hybridized carbons (Fsp3) is 0.292. The van der Waals surface area contributed by atoms with E-state index in [2.05, 4.69) is 22.1 Å². The van der Waals surface area contributed by atoms with Gasteiger partial charge < -0.3 is 10.1 Å². The maximum absolute atomic E-state index is 12.3. The molecule has 1 heterocycles. The van der Waals surface area contributed by atoms with Crippen LogP contribution in [0.15, 0.2) is 66.3 Å². The number of rotatable bonds is 9. The topological polar surface area (TPSA) is 69.0 Å². The minimum absolute atomic E-state index is 0.125. The third-order valence-electron chi connectivity index (χ3n) is 5.21. The predicted molar refractivity (Wildman–Crippen MR) is 129 cm³/mol. The lowest BCUT2D eigenvalue weighted by Gasteiger charge is -2.13.